The molecule has 0 heterocycles. The van der Waals surface area contributed by atoms with Crippen molar-refractivity contribution in [2.75, 3.05) is 0 Å². The molecule has 0 aromatic rings. The average Bonchev–Trinajstić information content (AvgIpc) is 2.11. The summed E-state index contributed by atoms with van der Waals surface area (Å²) in [7, 11) is 0. The third-order valence-electron chi connectivity index (χ3n) is 2.52. The number of hydrogen-bond acceptors (Lipinski definition) is 1. The summed E-state index contributed by atoms with van der Waals surface area (Å²) in [6.07, 6.45) is 8.26. The van der Waals surface area contributed by atoms with Crippen LogP contribution in [0.4, 0.5) is 0 Å². The zero-order valence-electron chi connectivity index (χ0n) is 10.8. The molecule has 0 radical (unpaired) electrons. The summed E-state index contributed by atoms with van der Waals surface area (Å²) < 4.78 is 0. The zero-order valence-corrected chi connectivity index (χ0v) is 10.8. The third kappa shape index (κ3) is 8.17. The van der Waals surface area contributed by atoms with Gasteiger partial charge >= 0.3 is 0 Å². The number of carbonyl (C=O) groups excluding carboxylic acids is 1. The van der Waals surface area contributed by atoms with Gasteiger partial charge in [-0.1, -0.05) is 32.4 Å². The monoisotopic (exact) mass is 208 g/mol. The fourth-order valence-corrected chi connectivity index (χ4v) is 1.35. The minimum Gasteiger partial charge on any atom is -0.299 e. The van der Waals surface area contributed by atoms with Crippen LogP contribution in [0, 0.1) is 5.41 Å². The highest BCUT2D eigenvalue weighted by atomic mass is 16.1. The zero-order chi connectivity index (χ0) is 11.9. The van der Waals surface area contributed by atoms with Crippen LogP contribution in [-0.4, -0.2) is 6.29 Å². The molecule has 0 saturated carbocycles. The topological polar surface area (TPSA) is 17.1 Å². The smallest absolute Gasteiger partial charge is 0.143 e. The van der Waals surface area contributed by atoms with Crippen LogP contribution in [0.3, 0.4) is 0 Å². The van der Waals surface area contributed by atoms with Crippen LogP contribution >= 0.6 is 0 Å². The maximum absolute atomic E-state index is 10.3. The first-order valence-corrected chi connectivity index (χ1v) is 5.66. The average molecular weight is 208 g/mol. The lowest BCUT2D eigenvalue weighted by Crippen LogP contribution is -2.03. The maximum Gasteiger partial charge on any atom is 0.143 e. The molecule has 0 rings (SSSR count). The molecule has 1 heteroatoms. The molecule has 0 spiro atoms. The molecule has 0 atom stereocenters. The van der Waals surface area contributed by atoms with Gasteiger partial charge in [-0.05, 0) is 50.2 Å². The predicted molar refractivity (Wildman–Crippen MR) is 66.9 cm³/mol. The van der Waals surface area contributed by atoms with Crippen LogP contribution in [0.2, 0.25) is 0 Å². The van der Waals surface area contributed by atoms with Crippen LogP contribution in [0.1, 0.15) is 53.9 Å². The minimum absolute atomic E-state index is 0.426. The molecular weight excluding hydrogens is 184 g/mol. The molecule has 0 aliphatic rings. The first-order chi connectivity index (χ1) is 6.87. The van der Waals surface area contributed by atoms with E-state index >= 15 is 0 Å². The van der Waals surface area contributed by atoms with Gasteiger partial charge in [0.25, 0.3) is 0 Å². The third-order valence-corrected chi connectivity index (χ3v) is 2.52. The van der Waals surface area contributed by atoms with Gasteiger partial charge in [0.15, 0.2) is 0 Å². The van der Waals surface area contributed by atoms with Crippen molar-refractivity contribution in [2.45, 2.75) is 53.9 Å². The van der Waals surface area contributed by atoms with Crippen LogP contribution in [-0.2, 0) is 4.79 Å². The van der Waals surface area contributed by atoms with E-state index in [9.17, 15) is 4.79 Å². The van der Waals surface area contributed by atoms with E-state index in [-0.39, 0.29) is 0 Å². The molecule has 0 N–H and O–H groups in total. The van der Waals surface area contributed by atoms with Crippen molar-refractivity contribution >= 4 is 6.29 Å². The van der Waals surface area contributed by atoms with Gasteiger partial charge < -0.3 is 0 Å². The summed E-state index contributed by atoms with van der Waals surface area (Å²) >= 11 is 0. The summed E-state index contributed by atoms with van der Waals surface area (Å²) in [4.78, 5) is 10.3. The van der Waals surface area contributed by atoms with Gasteiger partial charge in [0.05, 0.1) is 0 Å². The van der Waals surface area contributed by atoms with Gasteiger partial charge in [0.2, 0.25) is 0 Å². The summed E-state index contributed by atoms with van der Waals surface area (Å²) in [5.74, 6) is 0. The van der Waals surface area contributed by atoms with Crippen molar-refractivity contribution < 1.29 is 4.79 Å². The first-order valence-electron chi connectivity index (χ1n) is 5.66. The molecule has 0 unspecified atom stereocenters. The summed E-state index contributed by atoms with van der Waals surface area (Å²) in [5.41, 5.74) is 2.71. The molecule has 0 bridgehead atoms. The highest BCUT2D eigenvalue weighted by Gasteiger charge is 2.08. The van der Waals surface area contributed by atoms with Crippen LogP contribution in [0.15, 0.2) is 23.3 Å². The quantitative estimate of drug-likeness (QED) is 0.285. The Bertz CT molecular complexity index is 251. The Labute approximate surface area is 94.3 Å². The molecule has 0 aromatic heterocycles. The van der Waals surface area contributed by atoms with Gasteiger partial charge in [0.1, 0.15) is 6.29 Å². The Morgan fingerprint density at radius 3 is 2.20 bits per heavy atom. The fourth-order valence-electron chi connectivity index (χ4n) is 1.35. The molecule has 0 aliphatic heterocycles. The molecule has 15 heavy (non-hydrogen) atoms. The lowest BCUT2D eigenvalue weighted by atomic mass is 9.89. The standard InChI is InChI=1S/C14H24O/c1-12(13(2)9-11-15)8-6-7-10-14(3,4)5/h8-9,11H,6-7,10H2,1-5H3/b12-8+,13-9+. The molecular formula is C14H24O. The first kappa shape index (κ1) is 14.2. The number of carbonyl (C=O) groups is 1. The van der Waals surface area contributed by atoms with Crippen LogP contribution < -0.4 is 0 Å². The van der Waals surface area contributed by atoms with E-state index in [2.05, 4.69) is 33.8 Å². The molecule has 86 valence electrons. The molecule has 0 amide bonds. The van der Waals surface area contributed by atoms with E-state index in [0.717, 1.165) is 18.3 Å². The summed E-state index contributed by atoms with van der Waals surface area (Å²) in [5, 5.41) is 0. The molecule has 0 fully saturated rings. The van der Waals surface area contributed by atoms with E-state index < -0.39 is 0 Å². The lowest BCUT2D eigenvalue weighted by molar-refractivity contribution is -0.104. The second-order valence-corrected chi connectivity index (χ2v) is 5.33. The van der Waals surface area contributed by atoms with Crippen LogP contribution in [0.25, 0.3) is 0 Å². The number of aldehydes is 1. The number of hydrogen-bond donors (Lipinski definition) is 0. The van der Waals surface area contributed by atoms with Crippen molar-refractivity contribution in [3.63, 3.8) is 0 Å². The van der Waals surface area contributed by atoms with Crippen molar-refractivity contribution in [1.82, 2.24) is 0 Å². The van der Waals surface area contributed by atoms with Gasteiger partial charge in [-0.3, -0.25) is 4.79 Å². The van der Waals surface area contributed by atoms with Gasteiger partial charge in [-0.25, -0.2) is 0 Å². The van der Waals surface area contributed by atoms with E-state index in [0.29, 0.717) is 5.41 Å². The highest BCUT2D eigenvalue weighted by molar-refractivity contribution is 5.67. The molecule has 1 nitrogen and oxygen atoms in total. The Kier molecular flexibility index (Phi) is 6.23. The highest BCUT2D eigenvalue weighted by Crippen LogP contribution is 2.22. The second-order valence-electron chi connectivity index (χ2n) is 5.33. The Hall–Kier alpha value is -0.850. The predicted octanol–water partition coefficient (Wildman–Crippen LogP) is 4.29. The maximum atomic E-state index is 10.3. The Morgan fingerprint density at radius 1 is 1.13 bits per heavy atom. The number of rotatable bonds is 5. The summed E-state index contributed by atoms with van der Waals surface area (Å²) in [6, 6.07) is 0. The minimum atomic E-state index is 0.426. The molecule has 0 aromatic carbocycles. The normalized spacial score (nSPS) is 14.2. The van der Waals surface area contributed by atoms with E-state index in [4.69, 9.17) is 0 Å². The second kappa shape index (κ2) is 6.60. The largest absolute Gasteiger partial charge is 0.299 e. The van der Waals surface area contributed by atoms with Crippen molar-refractivity contribution in [3.8, 4) is 0 Å². The van der Waals surface area contributed by atoms with E-state index in [1.54, 1.807) is 6.08 Å². The molecule has 0 aliphatic carbocycles. The lowest BCUT2D eigenvalue weighted by Gasteiger charge is -2.16. The van der Waals surface area contributed by atoms with Gasteiger partial charge in [0, 0.05) is 0 Å². The summed E-state index contributed by atoms with van der Waals surface area (Å²) in [6.45, 7) is 10.8. The van der Waals surface area contributed by atoms with Crippen molar-refractivity contribution in [1.29, 1.82) is 0 Å². The van der Waals surface area contributed by atoms with Crippen molar-refractivity contribution in [2.24, 2.45) is 5.41 Å². The van der Waals surface area contributed by atoms with E-state index in [1.165, 1.54) is 18.4 Å². The Morgan fingerprint density at radius 2 is 1.73 bits per heavy atom. The van der Waals surface area contributed by atoms with E-state index in [1.807, 2.05) is 6.92 Å². The van der Waals surface area contributed by atoms with Crippen molar-refractivity contribution in [3.05, 3.63) is 23.3 Å². The SMILES string of the molecule is CC(=C\C=O)/C(C)=C/CCCC(C)(C)C. The fraction of sp³-hybridized carbons (Fsp3) is 0.643. The van der Waals surface area contributed by atoms with Gasteiger partial charge in [-0.2, -0.15) is 0 Å². The number of unbranched alkanes of at least 4 members (excludes halogenated alkanes) is 1. The Balaban J connectivity index is 3.97. The van der Waals surface area contributed by atoms with Gasteiger partial charge in [-0.15, -0.1) is 0 Å². The number of allylic oxidation sites excluding steroid dienone is 4. The van der Waals surface area contributed by atoms with Crippen LogP contribution in [0.5, 0.6) is 0 Å². The molecule has 0 saturated heterocycles.